The first kappa shape index (κ1) is 21.0. The van der Waals surface area contributed by atoms with Crippen molar-refractivity contribution in [1.82, 2.24) is 14.9 Å². The maximum atomic E-state index is 11.1. The molecule has 5 rings (SSSR count). The van der Waals surface area contributed by atoms with E-state index in [-0.39, 0.29) is 5.69 Å². The normalized spacial score (nSPS) is 13.9. The molecule has 0 bridgehead atoms. The van der Waals surface area contributed by atoms with Crippen LogP contribution < -0.4 is 10.1 Å². The fourth-order valence-electron chi connectivity index (χ4n) is 4.01. The molecule has 0 unspecified atom stereocenters. The van der Waals surface area contributed by atoms with Gasteiger partial charge in [-0.1, -0.05) is 18.2 Å². The Morgan fingerprint density at radius 2 is 1.91 bits per heavy atom. The highest BCUT2D eigenvalue weighted by Gasteiger charge is 2.14. The van der Waals surface area contributed by atoms with Crippen LogP contribution in [0.25, 0.3) is 11.1 Å². The Morgan fingerprint density at radius 1 is 1.09 bits per heavy atom. The van der Waals surface area contributed by atoms with E-state index in [9.17, 15) is 4.79 Å². The molecule has 1 saturated heterocycles. The van der Waals surface area contributed by atoms with Crippen molar-refractivity contribution in [3.63, 3.8) is 0 Å². The van der Waals surface area contributed by atoms with Gasteiger partial charge < -0.3 is 24.5 Å². The molecule has 0 atom stereocenters. The van der Waals surface area contributed by atoms with Gasteiger partial charge in [-0.15, -0.1) is 0 Å². The monoisotopic (exact) mass is 444 g/mol. The van der Waals surface area contributed by atoms with Gasteiger partial charge in [0.05, 0.1) is 0 Å². The smallest absolute Gasteiger partial charge is 0.354 e. The molecule has 2 N–H and O–H groups in total. The molecule has 168 valence electrons. The number of hydrogen-bond donors (Lipinski definition) is 2. The first-order chi connectivity index (χ1) is 16.1. The number of fused-ring (bicyclic) bond motifs is 1. The van der Waals surface area contributed by atoms with Crippen molar-refractivity contribution in [1.29, 1.82) is 0 Å². The minimum Gasteiger partial charge on any atom is -0.477 e. The summed E-state index contributed by atoms with van der Waals surface area (Å²) in [6.07, 6.45) is 4.94. The average Bonchev–Trinajstić information content (AvgIpc) is 3.48. The van der Waals surface area contributed by atoms with Crippen molar-refractivity contribution < 1.29 is 19.1 Å². The molecule has 33 heavy (non-hydrogen) atoms. The van der Waals surface area contributed by atoms with Gasteiger partial charge in [0, 0.05) is 30.6 Å². The number of para-hydroxylation sites is 1. The quantitative estimate of drug-likeness (QED) is 0.387. The molecule has 8 nitrogen and oxygen atoms in total. The summed E-state index contributed by atoms with van der Waals surface area (Å²) in [5, 5.41) is 12.4. The number of carboxylic acid groups (broad SMARTS) is 1. The molecule has 0 amide bonds. The lowest BCUT2D eigenvalue weighted by molar-refractivity contribution is 0.0690. The van der Waals surface area contributed by atoms with E-state index in [1.807, 2.05) is 12.1 Å². The number of rotatable bonds is 8. The highest BCUT2D eigenvalue weighted by Crippen LogP contribution is 2.29. The largest absolute Gasteiger partial charge is 0.477 e. The van der Waals surface area contributed by atoms with E-state index in [0.717, 1.165) is 18.7 Å². The van der Waals surface area contributed by atoms with Crippen molar-refractivity contribution in [2.75, 3.05) is 25.0 Å². The number of nitrogens with one attached hydrogen (secondary N) is 1. The molecule has 8 heteroatoms. The molecule has 4 aromatic rings. The number of carboxylic acids is 1. The van der Waals surface area contributed by atoms with Crippen LogP contribution in [-0.2, 0) is 6.42 Å². The first-order valence-corrected chi connectivity index (χ1v) is 11.0. The van der Waals surface area contributed by atoms with E-state index in [4.69, 9.17) is 14.3 Å². The molecule has 0 saturated carbocycles. The number of nitrogens with zero attached hydrogens (tertiary/aromatic N) is 3. The molecule has 1 aliphatic rings. The Kier molecular flexibility index (Phi) is 5.91. The Labute approximate surface area is 190 Å². The van der Waals surface area contributed by atoms with Crippen molar-refractivity contribution >= 4 is 28.8 Å². The number of hydrogen-bond acceptors (Lipinski definition) is 7. The van der Waals surface area contributed by atoms with Crippen LogP contribution in [0.5, 0.6) is 11.5 Å². The van der Waals surface area contributed by atoms with Crippen LogP contribution in [0.15, 0.2) is 65.2 Å². The number of anilines is 2. The van der Waals surface area contributed by atoms with E-state index >= 15 is 0 Å². The molecule has 1 aliphatic heterocycles. The summed E-state index contributed by atoms with van der Waals surface area (Å²) in [6.45, 7) is 3.41. The molecule has 2 aromatic carbocycles. The lowest BCUT2D eigenvalue weighted by Gasteiger charge is -2.16. The topological polar surface area (TPSA) is 101 Å². The van der Waals surface area contributed by atoms with E-state index < -0.39 is 5.97 Å². The van der Waals surface area contributed by atoms with Gasteiger partial charge in [0.15, 0.2) is 11.3 Å². The molecular formula is C25H24N4O4. The third kappa shape index (κ3) is 4.96. The Morgan fingerprint density at radius 3 is 2.76 bits per heavy atom. The molecule has 1 fully saturated rings. The zero-order valence-corrected chi connectivity index (χ0v) is 18.0. The minimum absolute atomic E-state index is 0.0804. The van der Waals surface area contributed by atoms with Gasteiger partial charge in [-0.05, 0) is 62.2 Å². The van der Waals surface area contributed by atoms with Crippen LogP contribution in [0.3, 0.4) is 0 Å². The highest BCUT2D eigenvalue weighted by atomic mass is 16.5. The Hall–Kier alpha value is -3.91. The molecule has 0 radical (unpaired) electrons. The van der Waals surface area contributed by atoms with E-state index in [1.165, 1.54) is 43.8 Å². The van der Waals surface area contributed by atoms with E-state index in [2.05, 4.69) is 32.3 Å². The third-order valence-corrected chi connectivity index (χ3v) is 5.70. The molecular weight excluding hydrogens is 420 g/mol. The second kappa shape index (κ2) is 9.30. The van der Waals surface area contributed by atoms with Gasteiger partial charge in [0.25, 0.3) is 6.01 Å². The maximum Gasteiger partial charge on any atom is 0.354 e. The molecule has 0 spiro atoms. The van der Waals surface area contributed by atoms with Crippen LogP contribution in [0.1, 0.15) is 28.9 Å². The predicted octanol–water partition coefficient (Wildman–Crippen LogP) is 5.10. The Balaban J connectivity index is 1.31. The number of pyridine rings is 1. The van der Waals surface area contributed by atoms with Crippen LogP contribution in [0.2, 0.25) is 0 Å². The predicted molar refractivity (Wildman–Crippen MR) is 124 cm³/mol. The third-order valence-electron chi connectivity index (χ3n) is 5.70. The second-order valence-corrected chi connectivity index (χ2v) is 8.01. The summed E-state index contributed by atoms with van der Waals surface area (Å²) in [5.74, 6) is -0.215. The van der Waals surface area contributed by atoms with E-state index in [0.29, 0.717) is 28.6 Å². The van der Waals surface area contributed by atoms with Crippen molar-refractivity contribution in [2.45, 2.75) is 19.3 Å². The molecule has 0 aliphatic carbocycles. The number of aromatic nitrogens is 2. The van der Waals surface area contributed by atoms with Gasteiger partial charge in [-0.2, -0.15) is 4.98 Å². The summed E-state index contributed by atoms with van der Waals surface area (Å²) < 4.78 is 11.7. The number of likely N-dealkylation sites (tertiary alicyclic amines) is 1. The molecule has 2 aromatic heterocycles. The number of oxazole rings is 1. The van der Waals surface area contributed by atoms with Gasteiger partial charge in [0.2, 0.25) is 0 Å². The average molecular weight is 444 g/mol. The summed E-state index contributed by atoms with van der Waals surface area (Å²) in [4.78, 5) is 22.0. The van der Waals surface area contributed by atoms with Gasteiger partial charge in [-0.3, -0.25) is 0 Å². The van der Waals surface area contributed by atoms with Crippen molar-refractivity contribution in [3.8, 4) is 11.5 Å². The fourth-order valence-corrected chi connectivity index (χ4v) is 4.01. The van der Waals surface area contributed by atoms with Gasteiger partial charge in [0.1, 0.15) is 17.0 Å². The van der Waals surface area contributed by atoms with E-state index in [1.54, 1.807) is 24.3 Å². The van der Waals surface area contributed by atoms with Crippen LogP contribution in [-0.4, -0.2) is 45.6 Å². The van der Waals surface area contributed by atoms with Crippen LogP contribution >= 0.6 is 0 Å². The first-order valence-electron chi connectivity index (χ1n) is 11.0. The summed E-state index contributed by atoms with van der Waals surface area (Å²) in [5.41, 5.74) is 3.39. The lowest BCUT2D eigenvalue weighted by Crippen LogP contribution is -2.22. The summed E-state index contributed by atoms with van der Waals surface area (Å²) in [6, 6.07) is 16.9. The highest BCUT2D eigenvalue weighted by molar-refractivity contribution is 5.85. The second-order valence-electron chi connectivity index (χ2n) is 8.01. The van der Waals surface area contributed by atoms with Crippen molar-refractivity contribution in [2.24, 2.45) is 0 Å². The van der Waals surface area contributed by atoms with Crippen LogP contribution in [0.4, 0.5) is 11.7 Å². The maximum absolute atomic E-state index is 11.1. The Bertz CT molecular complexity index is 1280. The van der Waals surface area contributed by atoms with Gasteiger partial charge in [-0.25, -0.2) is 9.78 Å². The van der Waals surface area contributed by atoms with Gasteiger partial charge >= 0.3 is 5.97 Å². The number of carbonyl (C=O) groups is 1. The van der Waals surface area contributed by atoms with Crippen LogP contribution in [0, 0.1) is 0 Å². The number of aromatic carboxylic acids is 1. The zero-order valence-electron chi connectivity index (χ0n) is 18.0. The molecule has 3 heterocycles. The standard InChI is InChI=1S/C25H24N4O4/c30-24(31)22-15-19(9-11-26-22)32-18-7-8-21-23(16-18)33-25(28-21)27-20-6-2-1-5-17(20)10-14-29-12-3-4-13-29/h1-2,5-9,11,15-16H,3-4,10,12-14H2,(H,27,28)(H,30,31). The summed E-state index contributed by atoms with van der Waals surface area (Å²) in [7, 11) is 0. The minimum atomic E-state index is -1.11. The summed E-state index contributed by atoms with van der Waals surface area (Å²) >= 11 is 0. The fraction of sp³-hybridized carbons (Fsp3) is 0.240. The SMILES string of the molecule is O=C(O)c1cc(Oc2ccc3nc(Nc4ccccc4CCN4CCCC4)oc3c2)ccn1. The lowest BCUT2D eigenvalue weighted by atomic mass is 10.1. The van der Waals surface area contributed by atoms with Crippen molar-refractivity contribution in [3.05, 3.63) is 72.1 Å². The zero-order chi connectivity index (χ0) is 22.6. The number of benzene rings is 2. The number of ether oxygens (including phenoxy) is 1.